The van der Waals surface area contributed by atoms with Crippen LogP contribution in [-0.2, 0) is 0 Å². The van der Waals surface area contributed by atoms with Crippen molar-refractivity contribution in [3.05, 3.63) is 24.3 Å². The third-order valence-electron chi connectivity index (χ3n) is 4.34. The summed E-state index contributed by atoms with van der Waals surface area (Å²) in [7, 11) is 0. The van der Waals surface area contributed by atoms with Crippen LogP contribution in [0.1, 0.15) is 40.5 Å². The predicted octanol–water partition coefficient (Wildman–Crippen LogP) is 3.69. The van der Waals surface area contributed by atoms with E-state index in [1.165, 1.54) is 12.1 Å². The summed E-state index contributed by atoms with van der Waals surface area (Å²) in [5, 5.41) is 3.67. The van der Waals surface area contributed by atoms with Crippen molar-refractivity contribution in [2.24, 2.45) is 5.92 Å². The van der Waals surface area contributed by atoms with Crippen LogP contribution < -0.4 is 15.0 Å². The van der Waals surface area contributed by atoms with Crippen molar-refractivity contribution in [3.63, 3.8) is 0 Å². The van der Waals surface area contributed by atoms with E-state index in [0.29, 0.717) is 18.0 Å². The number of rotatable bonds is 6. The summed E-state index contributed by atoms with van der Waals surface area (Å²) in [6.07, 6.45) is 2.23. The fraction of sp³-hybridized carbons (Fsp3) is 0.667. The van der Waals surface area contributed by atoms with Gasteiger partial charge in [0, 0.05) is 30.9 Å². The van der Waals surface area contributed by atoms with E-state index in [-0.39, 0.29) is 0 Å². The van der Waals surface area contributed by atoms with E-state index >= 15 is 0 Å². The zero-order valence-corrected chi connectivity index (χ0v) is 13.9. The molecule has 1 aliphatic rings. The molecule has 3 heteroatoms. The lowest BCUT2D eigenvalue weighted by Crippen LogP contribution is -2.58. The van der Waals surface area contributed by atoms with Crippen molar-refractivity contribution in [1.82, 2.24) is 5.32 Å². The zero-order chi connectivity index (χ0) is 15.2. The molecule has 2 rings (SSSR count). The Balaban J connectivity index is 2.11. The Labute approximate surface area is 129 Å². The van der Waals surface area contributed by atoms with E-state index in [1.807, 2.05) is 0 Å². The SMILES string of the molecule is CCCOc1ccc(N2CC(CC)NCC2C(C)C)cc1. The number of anilines is 1. The molecule has 3 nitrogen and oxygen atoms in total. The van der Waals surface area contributed by atoms with Gasteiger partial charge in [0.1, 0.15) is 5.75 Å². The van der Waals surface area contributed by atoms with Gasteiger partial charge in [0.2, 0.25) is 0 Å². The van der Waals surface area contributed by atoms with Crippen LogP contribution in [0.3, 0.4) is 0 Å². The van der Waals surface area contributed by atoms with E-state index in [1.54, 1.807) is 0 Å². The molecule has 1 aromatic rings. The van der Waals surface area contributed by atoms with E-state index in [0.717, 1.165) is 31.9 Å². The van der Waals surface area contributed by atoms with Crippen molar-refractivity contribution in [1.29, 1.82) is 0 Å². The number of ether oxygens (including phenoxy) is 1. The van der Waals surface area contributed by atoms with Crippen LogP contribution in [-0.4, -0.2) is 31.8 Å². The Morgan fingerprint density at radius 2 is 1.95 bits per heavy atom. The van der Waals surface area contributed by atoms with E-state index in [9.17, 15) is 0 Å². The Morgan fingerprint density at radius 1 is 1.24 bits per heavy atom. The van der Waals surface area contributed by atoms with Crippen molar-refractivity contribution < 1.29 is 4.74 Å². The van der Waals surface area contributed by atoms with E-state index < -0.39 is 0 Å². The number of benzene rings is 1. The molecule has 0 radical (unpaired) electrons. The lowest BCUT2D eigenvalue weighted by atomic mass is 9.97. The van der Waals surface area contributed by atoms with Crippen molar-refractivity contribution in [2.75, 3.05) is 24.6 Å². The number of hydrogen-bond acceptors (Lipinski definition) is 3. The molecule has 118 valence electrons. The van der Waals surface area contributed by atoms with Crippen LogP contribution in [0.5, 0.6) is 5.75 Å². The van der Waals surface area contributed by atoms with Gasteiger partial charge in [-0.15, -0.1) is 0 Å². The van der Waals surface area contributed by atoms with Crippen molar-refractivity contribution in [3.8, 4) is 5.75 Å². The summed E-state index contributed by atoms with van der Waals surface area (Å²) < 4.78 is 5.68. The third kappa shape index (κ3) is 4.13. The van der Waals surface area contributed by atoms with Gasteiger partial charge in [-0.05, 0) is 43.0 Å². The van der Waals surface area contributed by atoms with Crippen LogP contribution in [0.25, 0.3) is 0 Å². The monoisotopic (exact) mass is 290 g/mol. The first-order valence-electron chi connectivity index (χ1n) is 8.38. The molecule has 0 aliphatic carbocycles. The van der Waals surface area contributed by atoms with Crippen molar-refractivity contribution >= 4 is 5.69 Å². The first-order chi connectivity index (χ1) is 10.2. The summed E-state index contributed by atoms with van der Waals surface area (Å²) >= 11 is 0. The first-order valence-corrected chi connectivity index (χ1v) is 8.38. The summed E-state index contributed by atoms with van der Waals surface area (Å²) in [4.78, 5) is 2.57. The second kappa shape index (κ2) is 7.69. The molecule has 21 heavy (non-hydrogen) atoms. The normalized spacial score (nSPS) is 22.6. The maximum absolute atomic E-state index is 5.68. The molecule has 2 unspecified atom stereocenters. The van der Waals surface area contributed by atoms with Crippen LogP contribution in [0.15, 0.2) is 24.3 Å². The molecule has 1 N–H and O–H groups in total. The Hall–Kier alpha value is -1.22. The molecule has 1 fully saturated rings. The molecule has 0 saturated carbocycles. The lowest BCUT2D eigenvalue weighted by Gasteiger charge is -2.43. The highest BCUT2D eigenvalue weighted by molar-refractivity contribution is 5.51. The Morgan fingerprint density at radius 3 is 2.52 bits per heavy atom. The molecule has 0 spiro atoms. The first kappa shape index (κ1) is 16.2. The lowest BCUT2D eigenvalue weighted by molar-refractivity contribution is 0.317. The fourth-order valence-electron chi connectivity index (χ4n) is 2.95. The maximum atomic E-state index is 5.68. The van der Waals surface area contributed by atoms with E-state index in [2.05, 4.69) is 62.2 Å². The topological polar surface area (TPSA) is 24.5 Å². The highest BCUT2D eigenvalue weighted by atomic mass is 16.5. The largest absolute Gasteiger partial charge is 0.494 e. The summed E-state index contributed by atoms with van der Waals surface area (Å²) in [5.74, 6) is 1.62. The number of piperazine rings is 1. The maximum Gasteiger partial charge on any atom is 0.119 e. The smallest absolute Gasteiger partial charge is 0.119 e. The molecule has 0 amide bonds. The molecule has 0 aromatic heterocycles. The van der Waals surface area contributed by atoms with Gasteiger partial charge >= 0.3 is 0 Å². The van der Waals surface area contributed by atoms with Gasteiger partial charge in [0.05, 0.1) is 6.61 Å². The second-order valence-electron chi connectivity index (χ2n) is 6.32. The minimum Gasteiger partial charge on any atom is -0.494 e. The minimum atomic E-state index is 0.565. The molecule has 1 heterocycles. The molecule has 2 atom stereocenters. The van der Waals surface area contributed by atoms with Crippen molar-refractivity contribution in [2.45, 2.75) is 52.6 Å². The molecular weight excluding hydrogens is 260 g/mol. The number of hydrogen-bond donors (Lipinski definition) is 1. The van der Waals surface area contributed by atoms with Gasteiger partial charge in [0.25, 0.3) is 0 Å². The summed E-state index contributed by atoms with van der Waals surface area (Å²) in [6, 6.07) is 9.78. The second-order valence-corrected chi connectivity index (χ2v) is 6.32. The highest BCUT2D eigenvalue weighted by Gasteiger charge is 2.29. The van der Waals surface area contributed by atoms with Crippen LogP contribution in [0.2, 0.25) is 0 Å². The highest BCUT2D eigenvalue weighted by Crippen LogP contribution is 2.26. The molecule has 0 bridgehead atoms. The Bertz CT molecular complexity index is 416. The zero-order valence-electron chi connectivity index (χ0n) is 13.9. The summed E-state index contributed by atoms with van der Waals surface area (Å²) in [6.45, 7) is 12.0. The van der Waals surface area contributed by atoms with Crippen LogP contribution in [0, 0.1) is 5.92 Å². The number of nitrogens with one attached hydrogen (secondary N) is 1. The van der Waals surface area contributed by atoms with Crippen LogP contribution >= 0.6 is 0 Å². The van der Waals surface area contributed by atoms with Crippen LogP contribution in [0.4, 0.5) is 5.69 Å². The Kier molecular flexibility index (Phi) is 5.92. The molecule has 1 aromatic carbocycles. The fourth-order valence-corrected chi connectivity index (χ4v) is 2.95. The molecular formula is C18H30N2O. The third-order valence-corrected chi connectivity index (χ3v) is 4.34. The standard InChI is InChI=1S/C18H30N2O/c1-5-11-21-17-9-7-16(8-10-17)20-13-15(6-2)19-12-18(20)14(3)4/h7-10,14-15,18-19H,5-6,11-13H2,1-4H3. The van der Waals surface area contributed by atoms with E-state index in [4.69, 9.17) is 4.74 Å². The number of nitrogens with zero attached hydrogens (tertiary/aromatic N) is 1. The molecule has 1 aliphatic heterocycles. The average Bonchev–Trinajstić information content (AvgIpc) is 2.52. The predicted molar refractivity (Wildman–Crippen MR) is 90.3 cm³/mol. The summed E-state index contributed by atoms with van der Waals surface area (Å²) in [5.41, 5.74) is 1.32. The van der Waals surface area contributed by atoms with Gasteiger partial charge in [0.15, 0.2) is 0 Å². The van der Waals surface area contributed by atoms with Gasteiger partial charge in [-0.25, -0.2) is 0 Å². The van der Waals surface area contributed by atoms with Gasteiger partial charge < -0.3 is 15.0 Å². The average molecular weight is 290 g/mol. The van der Waals surface area contributed by atoms with Gasteiger partial charge in [-0.3, -0.25) is 0 Å². The molecule has 1 saturated heterocycles. The quantitative estimate of drug-likeness (QED) is 0.865. The minimum absolute atomic E-state index is 0.565. The van der Waals surface area contributed by atoms with Gasteiger partial charge in [-0.2, -0.15) is 0 Å². The van der Waals surface area contributed by atoms with Gasteiger partial charge in [-0.1, -0.05) is 27.7 Å².